The van der Waals surface area contributed by atoms with E-state index in [1.807, 2.05) is 51.1 Å². The number of ether oxygens (including phenoxy) is 1. The zero-order valence-corrected chi connectivity index (χ0v) is 21.7. The van der Waals surface area contributed by atoms with Crippen LogP contribution in [0.15, 0.2) is 65.6 Å². The van der Waals surface area contributed by atoms with Crippen molar-refractivity contribution in [3.05, 3.63) is 88.8 Å². The summed E-state index contributed by atoms with van der Waals surface area (Å²) in [4.78, 5) is 14.8. The summed E-state index contributed by atoms with van der Waals surface area (Å²) in [5.74, 6) is -0.530. The molecule has 1 aliphatic heterocycles. The molecule has 0 saturated carbocycles. The largest absolute Gasteiger partial charge is 0.489 e. The Morgan fingerprint density at radius 2 is 1.94 bits per heavy atom. The smallest absolute Gasteiger partial charge is 0.254 e. The maximum atomic E-state index is 15.1. The second-order valence-electron chi connectivity index (χ2n) is 9.04. The van der Waals surface area contributed by atoms with Gasteiger partial charge in [0.2, 0.25) is 0 Å². The third-order valence-corrected chi connectivity index (χ3v) is 6.97. The number of fused-ring (bicyclic) bond motifs is 1. The molecule has 1 unspecified atom stereocenters. The van der Waals surface area contributed by atoms with Crippen molar-refractivity contribution in [3.8, 4) is 5.75 Å². The first-order valence-corrected chi connectivity index (χ1v) is 13.4. The van der Waals surface area contributed by atoms with Gasteiger partial charge in [0.1, 0.15) is 22.6 Å². The first kappa shape index (κ1) is 26.4. The molecule has 7 heteroatoms. The lowest BCUT2D eigenvalue weighted by molar-refractivity contribution is 0.0689. The Kier molecular flexibility index (Phi) is 8.00. The molecule has 1 amide bonds. The summed E-state index contributed by atoms with van der Waals surface area (Å²) in [6.45, 7) is 12.1. The van der Waals surface area contributed by atoms with E-state index in [1.54, 1.807) is 17.9 Å². The molecule has 186 valence electrons. The molecular weight excluding hydrogens is 465 g/mol. The molecule has 0 radical (unpaired) electrons. The van der Waals surface area contributed by atoms with Gasteiger partial charge >= 0.3 is 0 Å². The van der Waals surface area contributed by atoms with Gasteiger partial charge in [-0.15, -0.1) is 0 Å². The van der Waals surface area contributed by atoms with Crippen molar-refractivity contribution in [2.75, 3.05) is 12.8 Å². The number of halogens is 1. The quantitative estimate of drug-likeness (QED) is 0.477. The second-order valence-corrected chi connectivity index (χ2v) is 11.0. The van der Waals surface area contributed by atoms with Crippen LogP contribution in [0.4, 0.5) is 4.39 Å². The fraction of sp³-hybridized carbons (Fsp3) is 0.321. The number of hydrogen-bond acceptors (Lipinski definition) is 4. The van der Waals surface area contributed by atoms with Crippen LogP contribution in [0, 0.1) is 5.82 Å². The average molecular weight is 498 g/mol. The van der Waals surface area contributed by atoms with Crippen LogP contribution in [0.5, 0.6) is 5.75 Å². The molecule has 3 rings (SSSR count). The second kappa shape index (κ2) is 10.6. The standard InChI is InChI=1S/C28H32FNO4S/c1-7-20(10-9-18(3)4)21-11-13-25-22(15-21)17-30(16-19(5)34-25)28(31)24-12-14-26(35(6,32)33)27(29)23(24)8-2/h7,9-15,19H,1,8,16-17H2,2-6H3. The normalized spacial score (nSPS) is 16.1. The number of allylic oxidation sites excluding steroid dienone is 5. The minimum atomic E-state index is -3.75. The highest BCUT2D eigenvalue weighted by atomic mass is 32.2. The summed E-state index contributed by atoms with van der Waals surface area (Å²) in [6.07, 6.45) is 6.65. The maximum absolute atomic E-state index is 15.1. The molecule has 35 heavy (non-hydrogen) atoms. The Hall–Kier alpha value is -3.19. The van der Waals surface area contributed by atoms with E-state index in [-0.39, 0.29) is 36.1 Å². The summed E-state index contributed by atoms with van der Waals surface area (Å²) in [7, 11) is -3.75. The van der Waals surface area contributed by atoms with Crippen LogP contribution < -0.4 is 4.74 Å². The van der Waals surface area contributed by atoms with Crippen LogP contribution >= 0.6 is 0 Å². The van der Waals surface area contributed by atoms with Crippen molar-refractivity contribution in [3.63, 3.8) is 0 Å². The number of carbonyl (C=O) groups excluding carboxylic acids is 1. The number of benzene rings is 2. The zero-order valence-electron chi connectivity index (χ0n) is 20.9. The number of amides is 1. The molecule has 1 atom stereocenters. The predicted molar refractivity (Wildman–Crippen MR) is 138 cm³/mol. The molecule has 1 heterocycles. The van der Waals surface area contributed by atoms with Crippen LogP contribution in [0.2, 0.25) is 0 Å². The van der Waals surface area contributed by atoms with E-state index >= 15 is 4.39 Å². The monoisotopic (exact) mass is 497 g/mol. The van der Waals surface area contributed by atoms with E-state index in [1.165, 1.54) is 12.1 Å². The van der Waals surface area contributed by atoms with Crippen LogP contribution in [0.3, 0.4) is 0 Å². The fourth-order valence-electron chi connectivity index (χ4n) is 4.13. The Bertz CT molecular complexity index is 1320. The topological polar surface area (TPSA) is 63.7 Å². The first-order valence-electron chi connectivity index (χ1n) is 11.5. The van der Waals surface area contributed by atoms with Gasteiger partial charge in [-0.25, -0.2) is 12.8 Å². The number of carbonyl (C=O) groups is 1. The third-order valence-electron chi connectivity index (χ3n) is 5.86. The van der Waals surface area contributed by atoms with Crippen molar-refractivity contribution < 1.29 is 22.3 Å². The van der Waals surface area contributed by atoms with Crippen molar-refractivity contribution in [1.29, 1.82) is 0 Å². The van der Waals surface area contributed by atoms with Crippen LogP contribution in [0.1, 0.15) is 54.7 Å². The summed E-state index contributed by atoms with van der Waals surface area (Å²) in [6, 6.07) is 8.42. The molecule has 2 aromatic rings. The molecule has 1 aliphatic rings. The molecule has 0 fully saturated rings. The van der Waals surface area contributed by atoms with E-state index in [0.717, 1.165) is 28.5 Å². The minimum absolute atomic E-state index is 0.100. The van der Waals surface area contributed by atoms with Gasteiger partial charge < -0.3 is 9.64 Å². The summed E-state index contributed by atoms with van der Waals surface area (Å²) >= 11 is 0. The lowest BCUT2D eigenvalue weighted by Gasteiger charge is -2.24. The van der Waals surface area contributed by atoms with Gasteiger partial charge in [0, 0.05) is 29.5 Å². The predicted octanol–water partition coefficient (Wildman–Crippen LogP) is 5.75. The summed E-state index contributed by atoms with van der Waals surface area (Å²) in [5, 5.41) is 0. The van der Waals surface area contributed by atoms with Gasteiger partial charge in [0.15, 0.2) is 9.84 Å². The molecule has 0 spiro atoms. The van der Waals surface area contributed by atoms with Gasteiger partial charge in [0.05, 0.1) is 6.54 Å². The summed E-state index contributed by atoms with van der Waals surface area (Å²) < 4.78 is 45.1. The highest BCUT2D eigenvalue weighted by Gasteiger charge is 2.28. The van der Waals surface area contributed by atoms with Crippen molar-refractivity contribution in [2.45, 2.75) is 51.7 Å². The number of hydrogen-bond donors (Lipinski definition) is 0. The number of nitrogens with zero attached hydrogens (tertiary/aromatic N) is 1. The molecule has 5 nitrogen and oxygen atoms in total. The third kappa shape index (κ3) is 5.90. The van der Waals surface area contributed by atoms with Gasteiger partial charge in [0.25, 0.3) is 5.91 Å². The molecular formula is C28H32FNO4S. The fourth-order valence-corrected chi connectivity index (χ4v) is 4.89. The molecule has 0 bridgehead atoms. The summed E-state index contributed by atoms with van der Waals surface area (Å²) in [5.41, 5.74) is 4.14. The molecule has 0 aromatic heterocycles. The highest BCUT2D eigenvalue weighted by Crippen LogP contribution is 2.31. The van der Waals surface area contributed by atoms with Crippen LogP contribution in [-0.4, -0.2) is 38.1 Å². The number of sulfone groups is 1. The van der Waals surface area contributed by atoms with E-state index in [2.05, 4.69) is 6.58 Å². The molecule has 0 saturated heterocycles. The molecule has 0 aliphatic carbocycles. The SMILES string of the molecule is C=CC(=CC=C(C)C)c1ccc2c(c1)CN(C(=O)c1ccc(S(C)(=O)=O)c(F)c1CC)CC(C)O2. The van der Waals surface area contributed by atoms with Crippen LogP contribution in [-0.2, 0) is 22.8 Å². The van der Waals surface area contributed by atoms with Crippen molar-refractivity contribution >= 4 is 21.3 Å². The first-order chi connectivity index (χ1) is 16.5. The van der Waals surface area contributed by atoms with E-state index in [9.17, 15) is 13.2 Å². The minimum Gasteiger partial charge on any atom is -0.489 e. The highest BCUT2D eigenvalue weighted by molar-refractivity contribution is 7.90. The zero-order chi connectivity index (χ0) is 25.9. The van der Waals surface area contributed by atoms with E-state index in [4.69, 9.17) is 4.74 Å². The van der Waals surface area contributed by atoms with Gasteiger partial charge in [-0.1, -0.05) is 43.4 Å². The average Bonchev–Trinajstić information content (AvgIpc) is 2.95. The van der Waals surface area contributed by atoms with Gasteiger partial charge in [-0.05, 0) is 62.6 Å². The van der Waals surface area contributed by atoms with E-state index < -0.39 is 20.5 Å². The number of rotatable bonds is 6. The molecule has 0 N–H and O–H groups in total. The Morgan fingerprint density at radius 1 is 1.23 bits per heavy atom. The molecule has 2 aromatic carbocycles. The Morgan fingerprint density at radius 3 is 2.54 bits per heavy atom. The Labute approximate surface area is 207 Å². The van der Waals surface area contributed by atoms with Crippen LogP contribution in [0.25, 0.3) is 5.57 Å². The maximum Gasteiger partial charge on any atom is 0.254 e. The lowest BCUT2D eigenvalue weighted by atomic mass is 10.0. The van der Waals surface area contributed by atoms with Crippen molar-refractivity contribution in [1.82, 2.24) is 4.90 Å². The Balaban J connectivity index is 2.03. The van der Waals surface area contributed by atoms with Crippen molar-refractivity contribution in [2.24, 2.45) is 0 Å². The van der Waals surface area contributed by atoms with E-state index in [0.29, 0.717) is 12.3 Å². The van der Waals surface area contributed by atoms with Gasteiger partial charge in [-0.3, -0.25) is 4.79 Å². The van der Waals surface area contributed by atoms with Gasteiger partial charge in [-0.2, -0.15) is 0 Å². The lowest BCUT2D eigenvalue weighted by Crippen LogP contribution is -2.36.